The van der Waals surface area contributed by atoms with E-state index in [1.54, 1.807) is 0 Å². The van der Waals surface area contributed by atoms with Crippen molar-refractivity contribution in [2.75, 3.05) is 0 Å². The Kier molecular flexibility index (Phi) is 2.99. The molecule has 68 valence electrons. The van der Waals surface area contributed by atoms with Crippen molar-refractivity contribution < 1.29 is 4.79 Å². The van der Waals surface area contributed by atoms with E-state index < -0.39 is 0 Å². The lowest BCUT2D eigenvalue weighted by Crippen LogP contribution is -2.03. The van der Waals surface area contributed by atoms with Gasteiger partial charge in [0.25, 0.3) is 5.71 Å². The summed E-state index contributed by atoms with van der Waals surface area (Å²) in [6.45, 7) is 6.04. The summed E-state index contributed by atoms with van der Waals surface area (Å²) >= 11 is 0. The Bertz CT molecular complexity index is 360. The van der Waals surface area contributed by atoms with Crippen LogP contribution < -0.4 is 0 Å². The fraction of sp³-hybridized carbons (Fsp3) is 0.364. The lowest BCUT2D eigenvalue weighted by molar-refractivity contribution is -0.00659. The fourth-order valence-corrected chi connectivity index (χ4v) is 1.36. The van der Waals surface area contributed by atoms with E-state index in [1.807, 2.05) is 32.9 Å². The Morgan fingerprint density at radius 2 is 2.08 bits per heavy atom. The van der Waals surface area contributed by atoms with Crippen LogP contribution in [-0.4, -0.2) is 10.5 Å². The van der Waals surface area contributed by atoms with Gasteiger partial charge in [-0.05, 0) is 25.5 Å². The average molecular weight is 174 g/mol. The van der Waals surface area contributed by atoms with Gasteiger partial charge in [0, 0.05) is 6.42 Å². The highest BCUT2D eigenvalue weighted by Crippen LogP contribution is 2.12. The second-order valence-corrected chi connectivity index (χ2v) is 3.22. The largest absolute Gasteiger partial charge is 0.361 e. The quantitative estimate of drug-likeness (QED) is 0.375. The molecule has 0 aliphatic carbocycles. The zero-order chi connectivity index (χ0) is 9.84. The summed E-state index contributed by atoms with van der Waals surface area (Å²) in [4.78, 5) is 3.30. The molecule has 0 fully saturated rings. The molecule has 0 aromatic heterocycles. The van der Waals surface area contributed by atoms with Crippen LogP contribution in [0, 0.1) is 13.8 Å². The number of nitrogens with zero attached hydrogens (tertiary/aromatic N) is 2. The van der Waals surface area contributed by atoms with Crippen molar-refractivity contribution >= 4 is 5.71 Å². The molecule has 1 aromatic carbocycles. The van der Waals surface area contributed by atoms with Crippen molar-refractivity contribution in [1.29, 1.82) is 0 Å². The molecular weight excluding hydrogens is 160 g/mol. The van der Waals surface area contributed by atoms with Gasteiger partial charge >= 0.3 is 0 Å². The second kappa shape index (κ2) is 4.01. The summed E-state index contributed by atoms with van der Waals surface area (Å²) in [5, 5.41) is 0. The number of aryl methyl sites for hydroxylation is 2. The third-order valence-corrected chi connectivity index (χ3v) is 2.16. The van der Waals surface area contributed by atoms with Gasteiger partial charge in [0.05, 0.1) is 5.56 Å². The van der Waals surface area contributed by atoms with Gasteiger partial charge in [0.2, 0.25) is 0 Å². The van der Waals surface area contributed by atoms with Crippen LogP contribution in [0.15, 0.2) is 18.2 Å². The Morgan fingerprint density at radius 3 is 2.62 bits per heavy atom. The smallest absolute Gasteiger partial charge is 0.299 e. The van der Waals surface area contributed by atoms with Gasteiger partial charge < -0.3 is 5.53 Å². The maximum Gasteiger partial charge on any atom is 0.299 e. The predicted octanol–water partition coefficient (Wildman–Crippen LogP) is 2.73. The molecule has 0 radical (unpaired) electrons. The lowest BCUT2D eigenvalue weighted by atomic mass is 10.0. The SMILES string of the molecule is CCC(=[N+]=[N-])c1cc(C)ccc1C. The van der Waals surface area contributed by atoms with Crippen LogP contribution in [0.1, 0.15) is 30.0 Å². The van der Waals surface area contributed by atoms with Gasteiger partial charge in [-0.2, -0.15) is 4.79 Å². The molecule has 0 atom stereocenters. The molecule has 0 saturated heterocycles. The van der Waals surface area contributed by atoms with Gasteiger partial charge in [0.1, 0.15) is 0 Å². The van der Waals surface area contributed by atoms with E-state index in [-0.39, 0.29) is 0 Å². The van der Waals surface area contributed by atoms with E-state index in [4.69, 9.17) is 5.53 Å². The monoisotopic (exact) mass is 174 g/mol. The molecule has 2 heteroatoms. The standard InChI is InChI=1S/C11H14N2/c1-4-11(13-12)10-7-8(2)5-6-9(10)3/h5-7H,4H2,1-3H3. The van der Waals surface area contributed by atoms with E-state index in [2.05, 4.69) is 10.9 Å². The van der Waals surface area contributed by atoms with Crippen molar-refractivity contribution in [3.05, 3.63) is 40.4 Å². The van der Waals surface area contributed by atoms with Crippen molar-refractivity contribution in [1.82, 2.24) is 0 Å². The minimum absolute atomic E-state index is 0.751. The zero-order valence-electron chi connectivity index (χ0n) is 8.33. The minimum atomic E-state index is 0.751. The molecule has 0 aliphatic rings. The Balaban J connectivity index is 3.27. The molecular formula is C11H14N2. The van der Waals surface area contributed by atoms with Gasteiger partial charge in [-0.1, -0.05) is 24.6 Å². The van der Waals surface area contributed by atoms with E-state index in [1.165, 1.54) is 5.56 Å². The summed E-state index contributed by atoms with van der Waals surface area (Å²) < 4.78 is 0. The molecule has 1 aromatic rings. The Morgan fingerprint density at radius 1 is 1.38 bits per heavy atom. The molecule has 0 aliphatic heterocycles. The van der Waals surface area contributed by atoms with E-state index in [0.717, 1.165) is 23.3 Å². The van der Waals surface area contributed by atoms with Crippen LogP contribution in [0.25, 0.3) is 5.53 Å². The predicted molar refractivity (Wildman–Crippen MR) is 53.9 cm³/mol. The van der Waals surface area contributed by atoms with Crippen molar-refractivity contribution in [3.63, 3.8) is 0 Å². The first kappa shape index (κ1) is 9.69. The Hall–Kier alpha value is -1.40. The summed E-state index contributed by atoms with van der Waals surface area (Å²) in [5.41, 5.74) is 12.9. The van der Waals surface area contributed by atoms with Crippen LogP contribution in [0.4, 0.5) is 0 Å². The second-order valence-electron chi connectivity index (χ2n) is 3.22. The molecule has 0 heterocycles. The van der Waals surface area contributed by atoms with Gasteiger partial charge in [-0.25, -0.2) is 0 Å². The van der Waals surface area contributed by atoms with Crippen molar-refractivity contribution in [3.8, 4) is 0 Å². The summed E-state index contributed by atoms with van der Waals surface area (Å²) in [6.07, 6.45) is 0.751. The zero-order valence-corrected chi connectivity index (χ0v) is 8.33. The number of hydrogen-bond donors (Lipinski definition) is 0. The molecule has 0 bridgehead atoms. The maximum absolute atomic E-state index is 8.78. The minimum Gasteiger partial charge on any atom is -0.361 e. The Labute approximate surface area is 78.8 Å². The van der Waals surface area contributed by atoms with E-state index in [9.17, 15) is 0 Å². The average Bonchev–Trinajstić information content (AvgIpc) is 2.13. The van der Waals surface area contributed by atoms with Crippen molar-refractivity contribution in [2.24, 2.45) is 0 Å². The van der Waals surface area contributed by atoms with Gasteiger partial charge in [-0.3, -0.25) is 0 Å². The third kappa shape index (κ3) is 2.04. The normalized spacial score (nSPS) is 9.46. The van der Waals surface area contributed by atoms with Crippen molar-refractivity contribution in [2.45, 2.75) is 27.2 Å². The third-order valence-electron chi connectivity index (χ3n) is 2.16. The number of rotatable bonds is 2. The molecule has 0 spiro atoms. The molecule has 0 saturated carbocycles. The van der Waals surface area contributed by atoms with Crippen LogP contribution >= 0.6 is 0 Å². The first-order valence-corrected chi connectivity index (χ1v) is 4.47. The highest BCUT2D eigenvalue weighted by Gasteiger charge is 2.11. The van der Waals surface area contributed by atoms with Crippen LogP contribution in [-0.2, 0) is 0 Å². The maximum atomic E-state index is 8.78. The molecule has 2 nitrogen and oxygen atoms in total. The van der Waals surface area contributed by atoms with E-state index >= 15 is 0 Å². The van der Waals surface area contributed by atoms with E-state index in [0.29, 0.717) is 0 Å². The lowest BCUT2D eigenvalue weighted by Gasteiger charge is -2.01. The van der Waals surface area contributed by atoms with Crippen LogP contribution in [0.5, 0.6) is 0 Å². The first-order valence-electron chi connectivity index (χ1n) is 4.47. The fourth-order valence-electron chi connectivity index (χ4n) is 1.36. The summed E-state index contributed by atoms with van der Waals surface area (Å²) in [6, 6.07) is 6.16. The molecule has 13 heavy (non-hydrogen) atoms. The summed E-state index contributed by atoms with van der Waals surface area (Å²) in [7, 11) is 0. The molecule has 0 amide bonds. The first-order chi connectivity index (χ1) is 6.19. The van der Waals surface area contributed by atoms with Gasteiger partial charge in [0.15, 0.2) is 0 Å². The highest BCUT2D eigenvalue weighted by molar-refractivity contribution is 5.97. The molecule has 0 N–H and O–H groups in total. The molecule has 1 rings (SSSR count). The highest BCUT2D eigenvalue weighted by atomic mass is 14.9. The van der Waals surface area contributed by atoms with Crippen LogP contribution in [0.2, 0.25) is 0 Å². The number of hydrogen-bond acceptors (Lipinski definition) is 0. The molecule has 0 unspecified atom stereocenters. The van der Waals surface area contributed by atoms with Gasteiger partial charge in [-0.15, -0.1) is 0 Å². The summed E-state index contributed by atoms with van der Waals surface area (Å²) in [5.74, 6) is 0. The topological polar surface area (TPSA) is 36.4 Å². The number of benzene rings is 1. The van der Waals surface area contributed by atoms with Crippen LogP contribution in [0.3, 0.4) is 0 Å².